The van der Waals surface area contributed by atoms with E-state index in [2.05, 4.69) is 10.6 Å². The van der Waals surface area contributed by atoms with Crippen LogP contribution in [0.5, 0.6) is 5.75 Å². The van der Waals surface area contributed by atoms with Gasteiger partial charge in [-0.05, 0) is 48.2 Å². The van der Waals surface area contributed by atoms with E-state index in [-0.39, 0.29) is 5.91 Å². The van der Waals surface area contributed by atoms with Gasteiger partial charge in [-0.2, -0.15) is 0 Å². The number of nitrogens with one attached hydrogen (secondary N) is 2. The van der Waals surface area contributed by atoms with Crippen LogP contribution in [-0.2, 0) is 0 Å². The summed E-state index contributed by atoms with van der Waals surface area (Å²) in [5.41, 5.74) is 2.50. The Kier molecular flexibility index (Phi) is 4.32. The molecule has 2 aliphatic heterocycles. The Morgan fingerprint density at radius 2 is 1.76 bits per heavy atom. The van der Waals surface area contributed by atoms with Gasteiger partial charge in [0, 0.05) is 31.9 Å². The maximum absolute atomic E-state index is 13.0. The van der Waals surface area contributed by atoms with Gasteiger partial charge < -0.3 is 20.3 Å². The number of hydrogen-bond donors (Lipinski definition) is 2. The number of likely N-dealkylation sites (tertiary alicyclic amines) is 1. The van der Waals surface area contributed by atoms with Crippen LogP contribution in [0, 0.1) is 11.8 Å². The minimum absolute atomic E-state index is 0.117. The molecule has 5 heteroatoms. The van der Waals surface area contributed by atoms with Crippen molar-refractivity contribution in [3.8, 4) is 5.75 Å². The van der Waals surface area contributed by atoms with E-state index >= 15 is 0 Å². The van der Waals surface area contributed by atoms with Crippen LogP contribution in [0.3, 0.4) is 0 Å². The molecule has 2 heterocycles. The smallest absolute Gasteiger partial charge is 0.255 e. The molecule has 4 rings (SSSR count). The van der Waals surface area contributed by atoms with Crippen molar-refractivity contribution >= 4 is 17.3 Å². The summed E-state index contributed by atoms with van der Waals surface area (Å²) >= 11 is 0. The van der Waals surface area contributed by atoms with Gasteiger partial charge in [0.1, 0.15) is 5.75 Å². The molecule has 130 valence electrons. The SMILES string of the molecule is COc1ccc(Nc2ccccc2C(=O)N2C[C@H]3CNC[C@H]3C2)cc1. The van der Waals surface area contributed by atoms with Crippen molar-refractivity contribution in [2.75, 3.05) is 38.6 Å². The van der Waals surface area contributed by atoms with Crippen molar-refractivity contribution in [2.45, 2.75) is 0 Å². The van der Waals surface area contributed by atoms with Gasteiger partial charge >= 0.3 is 0 Å². The Hall–Kier alpha value is -2.53. The van der Waals surface area contributed by atoms with Crippen molar-refractivity contribution < 1.29 is 9.53 Å². The fourth-order valence-electron chi connectivity index (χ4n) is 3.80. The highest BCUT2D eigenvalue weighted by Gasteiger charge is 2.38. The number of hydrogen-bond acceptors (Lipinski definition) is 4. The number of fused-ring (bicyclic) bond motifs is 1. The number of amides is 1. The second-order valence-electron chi connectivity index (χ2n) is 6.79. The molecule has 0 aliphatic carbocycles. The average Bonchev–Trinajstić information content (AvgIpc) is 3.24. The average molecular weight is 337 g/mol. The summed E-state index contributed by atoms with van der Waals surface area (Å²) in [5.74, 6) is 2.13. The topological polar surface area (TPSA) is 53.6 Å². The van der Waals surface area contributed by atoms with Crippen LogP contribution in [0.4, 0.5) is 11.4 Å². The van der Waals surface area contributed by atoms with Gasteiger partial charge in [-0.15, -0.1) is 0 Å². The first-order valence-electron chi connectivity index (χ1n) is 8.74. The lowest BCUT2D eigenvalue weighted by Gasteiger charge is -2.20. The quantitative estimate of drug-likeness (QED) is 0.901. The van der Waals surface area contributed by atoms with Crippen molar-refractivity contribution in [1.29, 1.82) is 0 Å². The fraction of sp³-hybridized carbons (Fsp3) is 0.350. The highest BCUT2D eigenvalue weighted by Crippen LogP contribution is 2.30. The molecular weight excluding hydrogens is 314 g/mol. The highest BCUT2D eigenvalue weighted by atomic mass is 16.5. The van der Waals surface area contributed by atoms with Gasteiger partial charge in [-0.1, -0.05) is 12.1 Å². The molecule has 2 atom stereocenters. The highest BCUT2D eigenvalue weighted by molar-refractivity contribution is 6.00. The molecule has 2 fully saturated rings. The molecule has 2 aromatic rings. The lowest BCUT2D eigenvalue weighted by Crippen LogP contribution is -2.32. The van der Waals surface area contributed by atoms with Crippen LogP contribution >= 0.6 is 0 Å². The molecular formula is C20H23N3O2. The second kappa shape index (κ2) is 6.76. The van der Waals surface area contributed by atoms with E-state index in [1.807, 2.05) is 53.4 Å². The van der Waals surface area contributed by atoms with Gasteiger partial charge in [0.15, 0.2) is 0 Å². The summed E-state index contributed by atoms with van der Waals surface area (Å²) in [7, 11) is 1.65. The molecule has 0 saturated carbocycles. The van der Waals surface area contributed by atoms with Crippen molar-refractivity contribution in [3.05, 3.63) is 54.1 Å². The zero-order valence-electron chi connectivity index (χ0n) is 14.4. The Morgan fingerprint density at radius 1 is 1.08 bits per heavy atom. The number of anilines is 2. The predicted octanol–water partition coefficient (Wildman–Crippen LogP) is 2.73. The normalized spacial score (nSPS) is 21.9. The molecule has 0 radical (unpaired) electrons. The Balaban J connectivity index is 1.53. The summed E-state index contributed by atoms with van der Waals surface area (Å²) in [4.78, 5) is 15.0. The first-order valence-corrected chi connectivity index (χ1v) is 8.74. The third-order valence-corrected chi connectivity index (χ3v) is 5.20. The van der Waals surface area contributed by atoms with Crippen molar-refractivity contribution in [2.24, 2.45) is 11.8 Å². The summed E-state index contributed by atoms with van der Waals surface area (Å²) < 4.78 is 5.19. The van der Waals surface area contributed by atoms with Gasteiger partial charge in [0.2, 0.25) is 0 Å². The van der Waals surface area contributed by atoms with E-state index in [1.165, 1.54) is 0 Å². The third-order valence-electron chi connectivity index (χ3n) is 5.20. The largest absolute Gasteiger partial charge is 0.497 e. The number of rotatable bonds is 4. The lowest BCUT2D eigenvalue weighted by molar-refractivity contribution is 0.0782. The second-order valence-corrected chi connectivity index (χ2v) is 6.79. The number of carbonyl (C=O) groups excluding carboxylic acids is 1. The Labute approximate surface area is 148 Å². The summed E-state index contributed by atoms with van der Waals surface area (Å²) in [5, 5.41) is 6.78. The molecule has 0 spiro atoms. The van der Waals surface area contributed by atoms with E-state index in [0.717, 1.165) is 48.9 Å². The minimum Gasteiger partial charge on any atom is -0.497 e. The number of benzene rings is 2. The summed E-state index contributed by atoms with van der Waals surface area (Å²) in [6.45, 7) is 3.77. The fourth-order valence-corrected chi connectivity index (χ4v) is 3.80. The Morgan fingerprint density at radius 3 is 2.44 bits per heavy atom. The number of methoxy groups -OCH3 is 1. The molecule has 2 aliphatic rings. The molecule has 2 saturated heterocycles. The first kappa shape index (κ1) is 16.0. The van der Waals surface area contributed by atoms with Gasteiger partial charge in [-0.3, -0.25) is 4.79 Å². The van der Waals surface area contributed by atoms with Gasteiger partial charge in [0.25, 0.3) is 5.91 Å². The third kappa shape index (κ3) is 3.20. The molecule has 1 amide bonds. The molecule has 25 heavy (non-hydrogen) atoms. The molecule has 2 N–H and O–H groups in total. The predicted molar refractivity (Wildman–Crippen MR) is 98.5 cm³/mol. The zero-order valence-corrected chi connectivity index (χ0v) is 14.4. The van der Waals surface area contributed by atoms with E-state index in [4.69, 9.17) is 4.74 Å². The first-order chi connectivity index (χ1) is 12.2. The lowest BCUT2D eigenvalue weighted by atomic mass is 10.0. The van der Waals surface area contributed by atoms with Crippen LogP contribution in [-0.4, -0.2) is 44.1 Å². The molecule has 0 bridgehead atoms. The molecule has 0 unspecified atom stereocenters. The van der Waals surface area contributed by atoms with Crippen LogP contribution in [0.1, 0.15) is 10.4 Å². The van der Waals surface area contributed by atoms with Crippen LogP contribution in [0.25, 0.3) is 0 Å². The molecule has 5 nitrogen and oxygen atoms in total. The maximum atomic E-state index is 13.0. The molecule has 2 aromatic carbocycles. The number of carbonyl (C=O) groups is 1. The van der Waals surface area contributed by atoms with Gasteiger partial charge in [-0.25, -0.2) is 0 Å². The van der Waals surface area contributed by atoms with Crippen molar-refractivity contribution in [3.63, 3.8) is 0 Å². The van der Waals surface area contributed by atoms with Crippen LogP contribution in [0.2, 0.25) is 0 Å². The summed E-state index contributed by atoms with van der Waals surface area (Å²) in [6.07, 6.45) is 0. The van der Waals surface area contributed by atoms with Crippen molar-refractivity contribution in [1.82, 2.24) is 10.2 Å². The number of nitrogens with zero attached hydrogens (tertiary/aromatic N) is 1. The van der Waals surface area contributed by atoms with Gasteiger partial charge in [0.05, 0.1) is 18.4 Å². The summed E-state index contributed by atoms with van der Waals surface area (Å²) in [6, 6.07) is 15.4. The van der Waals surface area contributed by atoms with E-state index in [9.17, 15) is 4.79 Å². The molecule has 0 aromatic heterocycles. The van der Waals surface area contributed by atoms with E-state index in [0.29, 0.717) is 11.8 Å². The monoisotopic (exact) mass is 337 g/mol. The van der Waals surface area contributed by atoms with Crippen LogP contribution in [0.15, 0.2) is 48.5 Å². The standard InChI is InChI=1S/C20H23N3O2/c1-25-17-8-6-16(7-9-17)22-19-5-3-2-4-18(19)20(24)23-12-14-10-21-11-15(14)13-23/h2-9,14-15,21-22H,10-13H2,1H3/t14-,15+. The number of para-hydroxylation sites is 1. The minimum atomic E-state index is 0.117. The van der Waals surface area contributed by atoms with E-state index < -0.39 is 0 Å². The zero-order chi connectivity index (χ0) is 17.2. The maximum Gasteiger partial charge on any atom is 0.255 e. The van der Waals surface area contributed by atoms with E-state index in [1.54, 1.807) is 7.11 Å². The number of ether oxygens (including phenoxy) is 1. The Bertz CT molecular complexity index is 748. The van der Waals surface area contributed by atoms with Crippen LogP contribution < -0.4 is 15.4 Å².